The van der Waals surface area contributed by atoms with Gasteiger partial charge in [-0.25, -0.2) is 0 Å². The van der Waals surface area contributed by atoms with Crippen molar-refractivity contribution < 1.29 is 0 Å². The molecule has 1 unspecified atom stereocenters. The molecule has 1 heterocycles. The standard InChI is InChI=1S/C9H8NOPS/c11-9-10-8(5-13-9)6-1-3-7(12)4-2-6/h1-5H,12H2,(H,10,11). The van der Waals surface area contributed by atoms with Crippen LogP contribution < -0.4 is 10.2 Å². The van der Waals surface area contributed by atoms with E-state index in [0.29, 0.717) is 0 Å². The van der Waals surface area contributed by atoms with Gasteiger partial charge in [0.25, 0.3) is 0 Å². The van der Waals surface area contributed by atoms with E-state index in [9.17, 15) is 4.79 Å². The van der Waals surface area contributed by atoms with Gasteiger partial charge in [-0.3, -0.25) is 4.79 Å². The third-order valence-electron chi connectivity index (χ3n) is 1.74. The Hall–Kier alpha value is -0.920. The third-order valence-corrected chi connectivity index (χ3v) is 2.80. The summed E-state index contributed by atoms with van der Waals surface area (Å²) in [6.45, 7) is 0. The van der Waals surface area contributed by atoms with Crippen LogP contribution in [0.3, 0.4) is 0 Å². The highest BCUT2D eigenvalue weighted by Gasteiger charge is 1.98. The predicted molar refractivity (Wildman–Crippen MR) is 59.7 cm³/mol. The molecule has 0 amide bonds. The number of benzene rings is 1. The zero-order valence-corrected chi connectivity index (χ0v) is 8.75. The molecule has 1 aromatic heterocycles. The van der Waals surface area contributed by atoms with E-state index in [2.05, 4.69) is 14.2 Å². The zero-order chi connectivity index (χ0) is 9.26. The molecule has 0 spiro atoms. The van der Waals surface area contributed by atoms with Gasteiger partial charge in [0.2, 0.25) is 0 Å². The summed E-state index contributed by atoms with van der Waals surface area (Å²) in [7, 11) is 2.62. The van der Waals surface area contributed by atoms with Gasteiger partial charge < -0.3 is 4.98 Å². The van der Waals surface area contributed by atoms with Gasteiger partial charge in [-0.2, -0.15) is 0 Å². The zero-order valence-electron chi connectivity index (χ0n) is 6.78. The molecule has 1 N–H and O–H groups in total. The molecular formula is C9H8NOPS. The van der Waals surface area contributed by atoms with E-state index in [1.165, 1.54) is 11.3 Å². The number of nitrogens with one attached hydrogen (secondary N) is 1. The lowest BCUT2D eigenvalue weighted by molar-refractivity contribution is 1.34. The number of thiazole rings is 1. The number of rotatable bonds is 1. The second-order valence-electron chi connectivity index (χ2n) is 2.68. The number of hydrogen-bond donors (Lipinski definition) is 1. The second kappa shape index (κ2) is 3.44. The van der Waals surface area contributed by atoms with Gasteiger partial charge in [0, 0.05) is 5.38 Å². The first-order chi connectivity index (χ1) is 6.25. The van der Waals surface area contributed by atoms with Crippen LogP contribution in [0, 0.1) is 0 Å². The number of H-pyrrole nitrogens is 1. The van der Waals surface area contributed by atoms with Crippen molar-refractivity contribution in [2.24, 2.45) is 0 Å². The molecule has 2 aromatic rings. The molecule has 13 heavy (non-hydrogen) atoms. The number of aromatic amines is 1. The lowest BCUT2D eigenvalue weighted by Crippen LogP contribution is -1.93. The third kappa shape index (κ3) is 1.87. The fourth-order valence-corrected chi connectivity index (χ4v) is 1.87. The van der Waals surface area contributed by atoms with Crippen molar-refractivity contribution in [2.45, 2.75) is 0 Å². The van der Waals surface area contributed by atoms with Crippen LogP contribution >= 0.6 is 20.6 Å². The molecule has 1 atom stereocenters. The van der Waals surface area contributed by atoms with E-state index in [1.54, 1.807) is 0 Å². The van der Waals surface area contributed by atoms with Crippen molar-refractivity contribution in [2.75, 3.05) is 0 Å². The quantitative estimate of drug-likeness (QED) is 0.711. The van der Waals surface area contributed by atoms with E-state index < -0.39 is 0 Å². The molecule has 2 nitrogen and oxygen atoms in total. The first-order valence-corrected chi connectivity index (χ1v) is 5.25. The number of hydrogen-bond acceptors (Lipinski definition) is 2. The lowest BCUT2D eigenvalue weighted by Gasteiger charge is -1.96. The van der Waals surface area contributed by atoms with Crippen LogP contribution in [0.2, 0.25) is 0 Å². The average Bonchev–Trinajstić information content (AvgIpc) is 2.53. The van der Waals surface area contributed by atoms with Crippen LogP contribution in [0.25, 0.3) is 11.3 Å². The maximum Gasteiger partial charge on any atom is 0.304 e. The lowest BCUT2D eigenvalue weighted by atomic mass is 10.2. The van der Waals surface area contributed by atoms with Crippen LogP contribution in [0.1, 0.15) is 0 Å². The topological polar surface area (TPSA) is 32.9 Å². The minimum atomic E-state index is -0.00931. The summed E-state index contributed by atoms with van der Waals surface area (Å²) in [6.07, 6.45) is 0. The van der Waals surface area contributed by atoms with Gasteiger partial charge in [0.05, 0.1) is 5.69 Å². The highest BCUT2D eigenvalue weighted by Crippen LogP contribution is 2.15. The minimum absolute atomic E-state index is 0.00931. The van der Waals surface area contributed by atoms with Crippen LogP contribution in [-0.4, -0.2) is 4.98 Å². The molecular weight excluding hydrogens is 201 g/mol. The summed E-state index contributed by atoms with van der Waals surface area (Å²) in [5.74, 6) is 0. The maximum absolute atomic E-state index is 10.9. The Labute approximate surface area is 81.8 Å². The Bertz CT molecular complexity index is 457. The first kappa shape index (κ1) is 8.67. The molecule has 66 valence electrons. The summed E-state index contributed by atoms with van der Waals surface area (Å²) >= 11 is 1.19. The number of aromatic nitrogens is 1. The van der Waals surface area contributed by atoms with E-state index in [1.807, 2.05) is 29.6 Å². The van der Waals surface area contributed by atoms with Crippen LogP contribution in [0.5, 0.6) is 0 Å². The van der Waals surface area contributed by atoms with E-state index in [0.717, 1.165) is 16.6 Å². The second-order valence-corrected chi connectivity index (χ2v) is 4.19. The van der Waals surface area contributed by atoms with Gasteiger partial charge in [-0.15, -0.1) is 9.24 Å². The summed E-state index contributed by atoms with van der Waals surface area (Å²) in [6, 6.07) is 7.96. The smallest absolute Gasteiger partial charge is 0.304 e. The van der Waals surface area contributed by atoms with Gasteiger partial charge in [0.1, 0.15) is 0 Å². The fraction of sp³-hybridized carbons (Fsp3) is 0. The highest BCUT2D eigenvalue weighted by atomic mass is 32.1. The Kier molecular flexibility index (Phi) is 2.30. The van der Waals surface area contributed by atoms with E-state index >= 15 is 0 Å². The minimum Gasteiger partial charge on any atom is -0.312 e. The molecule has 0 saturated heterocycles. The Morgan fingerprint density at radius 3 is 2.46 bits per heavy atom. The molecule has 0 bridgehead atoms. The molecule has 0 aliphatic heterocycles. The molecule has 1 aromatic carbocycles. The van der Waals surface area contributed by atoms with Crippen molar-refractivity contribution in [3.63, 3.8) is 0 Å². The summed E-state index contributed by atoms with van der Waals surface area (Å²) in [5, 5.41) is 2.97. The predicted octanol–water partition coefficient (Wildman–Crippen LogP) is 1.60. The summed E-state index contributed by atoms with van der Waals surface area (Å²) in [5.41, 5.74) is 1.93. The van der Waals surface area contributed by atoms with E-state index in [4.69, 9.17) is 0 Å². The maximum atomic E-state index is 10.9. The monoisotopic (exact) mass is 209 g/mol. The molecule has 2 rings (SSSR count). The van der Waals surface area contributed by atoms with E-state index in [-0.39, 0.29) is 4.87 Å². The van der Waals surface area contributed by atoms with Crippen molar-refractivity contribution in [1.82, 2.24) is 4.98 Å². The normalized spacial score (nSPS) is 10.2. The van der Waals surface area contributed by atoms with Gasteiger partial charge in [-0.05, 0) is 10.9 Å². The van der Waals surface area contributed by atoms with Crippen molar-refractivity contribution in [1.29, 1.82) is 0 Å². The first-order valence-electron chi connectivity index (χ1n) is 3.79. The largest absolute Gasteiger partial charge is 0.312 e. The van der Waals surface area contributed by atoms with Gasteiger partial charge >= 0.3 is 4.87 Å². The molecule has 0 radical (unpaired) electrons. The fourth-order valence-electron chi connectivity index (χ4n) is 1.08. The molecule has 0 fully saturated rings. The SMILES string of the molecule is O=c1[nH]c(-c2ccc(P)cc2)cs1. The summed E-state index contributed by atoms with van der Waals surface area (Å²) in [4.78, 5) is 13.6. The van der Waals surface area contributed by atoms with Gasteiger partial charge in [-0.1, -0.05) is 35.6 Å². The van der Waals surface area contributed by atoms with Gasteiger partial charge in [0.15, 0.2) is 0 Å². The van der Waals surface area contributed by atoms with Crippen LogP contribution in [0.4, 0.5) is 0 Å². The van der Waals surface area contributed by atoms with Crippen LogP contribution in [0.15, 0.2) is 34.4 Å². The molecule has 0 aliphatic rings. The molecule has 0 saturated carbocycles. The van der Waals surface area contributed by atoms with Crippen molar-refractivity contribution >= 4 is 25.9 Å². The van der Waals surface area contributed by atoms with Crippen LogP contribution in [-0.2, 0) is 0 Å². The Balaban J connectivity index is 2.47. The molecule has 4 heteroatoms. The van der Waals surface area contributed by atoms with Crippen molar-refractivity contribution in [3.8, 4) is 11.3 Å². The van der Waals surface area contributed by atoms with Crippen molar-refractivity contribution in [3.05, 3.63) is 39.3 Å². The average molecular weight is 209 g/mol. The summed E-state index contributed by atoms with van der Waals surface area (Å²) < 4.78 is 0. The Morgan fingerprint density at radius 1 is 1.23 bits per heavy atom. The molecule has 0 aliphatic carbocycles. The Morgan fingerprint density at radius 2 is 1.92 bits per heavy atom. The highest BCUT2D eigenvalue weighted by molar-refractivity contribution is 7.27.